The standard InChI is InChI=1S/C24H28N2O7.ClH/c1-9(2)15-12-8-10-7-11-13(26(3)4)5-6-14(27)17(11)20(29)16(10)21(30)24(12,33)22(31)18(19(15)28)23(25)32;/h5-6,9-10,12,15,27,29,31,33H,7-8H2,1-4H3,(H2,25,32);1H/p-1/t10-,12-,15-,24-;/m0./s1. The third-order valence-corrected chi connectivity index (χ3v) is 7.31. The summed E-state index contributed by atoms with van der Waals surface area (Å²) in [5, 5.41) is 44.0. The van der Waals surface area contributed by atoms with Crippen LogP contribution in [-0.2, 0) is 20.8 Å². The van der Waals surface area contributed by atoms with Gasteiger partial charge in [0.1, 0.15) is 22.8 Å². The molecule has 0 radical (unpaired) electrons. The van der Waals surface area contributed by atoms with Crippen LogP contribution in [0.15, 0.2) is 29.0 Å². The highest BCUT2D eigenvalue weighted by Crippen LogP contribution is 2.55. The lowest BCUT2D eigenvalue weighted by Gasteiger charge is -2.50. The summed E-state index contributed by atoms with van der Waals surface area (Å²) >= 11 is 0. The lowest BCUT2D eigenvalue weighted by atomic mass is 9.54. The van der Waals surface area contributed by atoms with E-state index in [1.807, 2.05) is 19.0 Å². The number of phenolic OH excluding ortho intramolecular Hbond substituents is 1. The van der Waals surface area contributed by atoms with Crippen molar-refractivity contribution >= 4 is 28.9 Å². The predicted molar refractivity (Wildman–Crippen MR) is 119 cm³/mol. The van der Waals surface area contributed by atoms with Crippen LogP contribution in [0, 0.1) is 23.7 Å². The Morgan fingerprint density at radius 1 is 1.18 bits per heavy atom. The second kappa shape index (κ2) is 8.32. The highest BCUT2D eigenvalue weighted by molar-refractivity contribution is 6.23. The average Bonchev–Trinajstić information content (AvgIpc) is 2.70. The van der Waals surface area contributed by atoms with E-state index in [2.05, 4.69) is 0 Å². The van der Waals surface area contributed by atoms with Gasteiger partial charge in [-0.2, -0.15) is 0 Å². The molecule has 1 aromatic rings. The molecule has 4 atom stereocenters. The maximum absolute atomic E-state index is 13.7. The molecule has 10 heteroatoms. The average molecular weight is 492 g/mol. The van der Waals surface area contributed by atoms with E-state index in [9.17, 15) is 34.8 Å². The Morgan fingerprint density at radius 3 is 2.32 bits per heavy atom. The molecule has 0 bridgehead atoms. The van der Waals surface area contributed by atoms with Gasteiger partial charge in [0.2, 0.25) is 5.78 Å². The summed E-state index contributed by atoms with van der Waals surface area (Å²) in [6.07, 6.45) is 0.384. The summed E-state index contributed by atoms with van der Waals surface area (Å²) in [6.45, 7) is 3.46. The van der Waals surface area contributed by atoms with Crippen LogP contribution >= 0.6 is 0 Å². The molecule has 1 aromatic carbocycles. The maximum atomic E-state index is 13.7. The fourth-order valence-electron chi connectivity index (χ4n) is 5.89. The fourth-order valence-corrected chi connectivity index (χ4v) is 5.89. The predicted octanol–water partition coefficient (Wildman–Crippen LogP) is -1.62. The minimum absolute atomic E-state index is 0. The van der Waals surface area contributed by atoms with Crippen molar-refractivity contribution in [3.63, 3.8) is 0 Å². The van der Waals surface area contributed by atoms with E-state index >= 15 is 0 Å². The van der Waals surface area contributed by atoms with Gasteiger partial charge in [-0.1, -0.05) is 13.8 Å². The number of aromatic hydroxyl groups is 1. The van der Waals surface area contributed by atoms with E-state index in [1.54, 1.807) is 19.9 Å². The van der Waals surface area contributed by atoms with Crippen LogP contribution in [0.25, 0.3) is 5.76 Å². The largest absolute Gasteiger partial charge is 1.00 e. The van der Waals surface area contributed by atoms with E-state index in [-0.39, 0.29) is 48.1 Å². The van der Waals surface area contributed by atoms with Crippen molar-refractivity contribution in [3.8, 4) is 5.75 Å². The van der Waals surface area contributed by atoms with Gasteiger partial charge in [0.05, 0.1) is 5.56 Å². The number of aliphatic hydroxyl groups excluding tert-OH is 2. The molecular formula is C24H28ClN2O7-. The first-order valence-electron chi connectivity index (χ1n) is 10.8. The Labute approximate surface area is 203 Å². The minimum Gasteiger partial charge on any atom is -1.00 e. The highest BCUT2D eigenvalue weighted by Gasteiger charge is 2.64. The Morgan fingerprint density at radius 2 is 1.79 bits per heavy atom. The summed E-state index contributed by atoms with van der Waals surface area (Å²) in [6, 6.07) is 3.12. The van der Waals surface area contributed by atoms with E-state index in [4.69, 9.17) is 5.73 Å². The first-order valence-corrected chi connectivity index (χ1v) is 10.8. The second-order valence-electron chi connectivity index (χ2n) is 9.67. The summed E-state index contributed by atoms with van der Waals surface area (Å²) in [7, 11) is 3.63. The number of fused-ring (bicyclic) bond motifs is 3. The zero-order valence-corrected chi connectivity index (χ0v) is 20.1. The topological polar surface area (TPSA) is 161 Å². The number of primary amides is 1. The highest BCUT2D eigenvalue weighted by atomic mass is 35.5. The van der Waals surface area contributed by atoms with Crippen LogP contribution in [0.5, 0.6) is 5.75 Å². The van der Waals surface area contributed by atoms with Gasteiger partial charge in [0.15, 0.2) is 11.4 Å². The number of carbonyl (C=O) groups is 3. The van der Waals surface area contributed by atoms with Crippen molar-refractivity contribution in [2.45, 2.75) is 32.3 Å². The first kappa shape index (κ1) is 25.6. The Kier molecular flexibility index (Phi) is 6.26. The third-order valence-electron chi connectivity index (χ3n) is 7.31. The Balaban J connectivity index is 0.00000324. The summed E-state index contributed by atoms with van der Waals surface area (Å²) < 4.78 is 0. The monoisotopic (exact) mass is 491 g/mol. The number of amides is 1. The number of ketones is 2. The first-order chi connectivity index (χ1) is 15.3. The molecule has 6 N–H and O–H groups in total. The van der Waals surface area contributed by atoms with Crippen molar-refractivity contribution in [2.75, 3.05) is 19.0 Å². The number of anilines is 1. The molecule has 4 rings (SSSR count). The van der Waals surface area contributed by atoms with Crippen molar-refractivity contribution in [3.05, 3.63) is 40.2 Å². The molecule has 34 heavy (non-hydrogen) atoms. The van der Waals surface area contributed by atoms with E-state index in [0.717, 1.165) is 5.69 Å². The molecule has 0 unspecified atom stereocenters. The van der Waals surface area contributed by atoms with Crippen LogP contribution in [0.1, 0.15) is 31.4 Å². The molecule has 9 nitrogen and oxygen atoms in total. The van der Waals surface area contributed by atoms with Crippen molar-refractivity contribution < 1.29 is 47.2 Å². The SMILES string of the molecule is CC(C)[C@@H]1C(=O)C(C(N)=O)=C(O)[C@@]2(O)C(=O)C3=C(O)c4c(O)ccc(N(C)C)c4C[C@H]3C[C@@H]12.[Cl-]. The number of halogens is 1. The van der Waals surface area contributed by atoms with E-state index in [0.29, 0.717) is 5.56 Å². The van der Waals surface area contributed by atoms with Crippen molar-refractivity contribution in [1.29, 1.82) is 0 Å². The summed E-state index contributed by atoms with van der Waals surface area (Å²) in [5.41, 5.74) is 3.30. The number of Topliss-reactive ketones (excluding diaryl/α,β-unsaturated/α-hetero) is 2. The molecule has 0 aromatic heterocycles. The van der Waals surface area contributed by atoms with Gasteiger partial charge >= 0.3 is 0 Å². The van der Waals surface area contributed by atoms with Gasteiger partial charge < -0.3 is 43.5 Å². The lowest BCUT2D eigenvalue weighted by Crippen LogP contribution is -3.00. The normalized spacial score (nSPS) is 28.2. The van der Waals surface area contributed by atoms with Gasteiger partial charge in [0, 0.05) is 37.2 Å². The molecule has 3 aliphatic rings. The summed E-state index contributed by atoms with van der Waals surface area (Å²) in [5.74, 6) is -7.55. The van der Waals surface area contributed by atoms with Gasteiger partial charge in [-0.3, -0.25) is 14.4 Å². The zero-order valence-electron chi connectivity index (χ0n) is 19.3. The third kappa shape index (κ3) is 3.21. The van der Waals surface area contributed by atoms with E-state index in [1.165, 1.54) is 6.07 Å². The smallest absolute Gasteiger partial charge is 0.255 e. The van der Waals surface area contributed by atoms with Gasteiger partial charge in [-0.15, -0.1) is 0 Å². The molecule has 184 valence electrons. The molecule has 0 aliphatic heterocycles. The second-order valence-corrected chi connectivity index (χ2v) is 9.67. The number of phenols is 1. The molecule has 0 saturated heterocycles. The van der Waals surface area contributed by atoms with E-state index < -0.39 is 57.9 Å². The number of aliphatic hydroxyl groups is 3. The molecular weight excluding hydrogens is 464 g/mol. The molecule has 1 saturated carbocycles. The molecule has 1 fully saturated rings. The number of nitrogens with zero attached hydrogens (tertiary/aromatic N) is 1. The quantitative estimate of drug-likeness (QED) is 0.315. The Hall–Kier alpha value is -3.04. The minimum atomic E-state index is -2.58. The molecule has 3 aliphatic carbocycles. The number of benzene rings is 1. The van der Waals surface area contributed by atoms with Crippen LogP contribution in [-0.4, -0.2) is 57.6 Å². The number of carbonyl (C=O) groups excluding carboxylic acids is 3. The maximum Gasteiger partial charge on any atom is 0.255 e. The van der Waals surface area contributed by atoms with Crippen LogP contribution in [0.2, 0.25) is 0 Å². The Bertz CT molecular complexity index is 1170. The molecule has 1 amide bonds. The zero-order chi connectivity index (χ0) is 24.6. The van der Waals surface area contributed by atoms with Crippen molar-refractivity contribution in [2.24, 2.45) is 29.4 Å². The van der Waals surface area contributed by atoms with Gasteiger partial charge in [-0.05, 0) is 42.4 Å². The fraction of sp³-hybridized carbons (Fsp3) is 0.458. The van der Waals surface area contributed by atoms with Gasteiger partial charge in [0.25, 0.3) is 5.91 Å². The molecule has 0 spiro atoms. The van der Waals surface area contributed by atoms with Crippen LogP contribution in [0.4, 0.5) is 5.69 Å². The van der Waals surface area contributed by atoms with Crippen LogP contribution < -0.4 is 23.0 Å². The number of hydrogen-bond acceptors (Lipinski definition) is 8. The number of hydrogen-bond donors (Lipinski definition) is 5. The van der Waals surface area contributed by atoms with Crippen LogP contribution in [0.3, 0.4) is 0 Å². The number of nitrogens with two attached hydrogens (primary N) is 1. The summed E-state index contributed by atoms with van der Waals surface area (Å²) in [4.78, 5) is 40.6. The van der Waals surface area contributed by atoms with Crippen molar-refractivity contribution in [1.82, 2.24) is 0 Å². The lowest BCUT2D eigenvalue weighted by molar-refractivity contribution is -0.155. The van der Waals surface area contributed by atoms with Gasteiger partial charge in [-0.25, -0.2) is 0 Å². The molecule has 0 heterocycles. The number of rotatable bonds is 3.